The van der Waals surface area contributed by atoms with Gasteiger partial charge in [0.1, 0.15) is 0 Å². The van der Waals surface area contributed by atoms with Crippen LogP contribution in [0.3, 0.4) is 0 Å². The third kappa shape index (κ3) is 4.51. The molecular formula is C13H15NO3. The molecule has 4 nitrogen and oxygen atoms in total. The Morgan fingerprint density at radius 3 is 2.53 bits per heavy atom. The fourth-order valence-electron chi connectivity index (χ4n) is 1.17. The second-order valence-corrected chi connectivity index (χ2v) is 3.43. The van der Waals surface area contributed by atoms with Gasteiger partial charge in [-0.25, -0.2) is 4.79 Å². The van der Waals surface area contributed by atoms with Gasteiger partial charge in [0.2, 0.25) is 0 Å². The van der Waals surface area contributed by atoms with Crippen molar-refractivity contribution in [2.45, 2.75) is 20.0 Å². The summed E-state index contributed by atoms with van der Waals surface area (Å²) in [6.45, 7) is 3.23. The van der Waals surface area contributed by atoms with Crippen LogP contribution in [0.15, 0.2) is 42.5 Å². The Balaban J connectivity index is 2.50. The van der Waals surface area contributed by atoms with Gasteiger partial charge in [0.25, 0.3) is 5.91 Å². The van der Waals surface area contributed by atoms with Gasteiger partial charge < -0.3 is 10.1 Å². The first-order chi connectivity index (χ1) is 8.13. The number of carbonyl (C=O) groups is 2. The second kappa shape index (κ2) is 6.48. The van der Waals surface area contributed by atoms with Crippen LogP contribution in [0.5, 0.6) is 0 Å². The minimum atomic E-state index is -0.820. The van der Waals surface area contributed by atoms with E-state index in [1.54, 1.807) is 25.1 Å². The number of carbonyl (C=O) groups excluding carboxylic acids is 2. The predicted molar refractivity (Wildman–Crippen MR) is 65.4 cm³/mol. The lowest BCUT2D eigenvalue weighted by Crippen LogP contribution is -2.29. The largest absolute Gasteiger partial charge is 0.449 e. The molecule has 1 N–H and O–H groups in total. The Kier molecular flexibility index (Phi) is 4.94. The van der Waals surface area contributed by atoms with Crippen molar-refractivity contribution >= 4 is 17.6 Å². The molecule has 0 aliphatic carbocycles. The maximum atomic E-state index is 11.6. The standard InChI is InChI=1S/C13H15NO3/c1-3-7-12(15)17-10(2)13(16)14-11-8-5-4-6-9-11/h3-10H,1-2H3,(H,14,16)/b7-3+. The first-order valence-electron chi connectivity index (χ1n) is 5.32. The van der Waals surface area contributed by atoms with E-state index in [2.05, 4.69) is 5.32 Å². The van der Waals surface area contributed by atoms with Gasteiger partial charge in [-0.15, -0.1) is 0 Å². The number of ether oxygens (including phenoxy) is 1. The van der Waals surface area contributed by atoms with Gasteiger partial charge in [-0.05, 0) is 26.0 Å². The number of benzene rings is 1. The van der Waals surface area contributed by atoms with E-state index in [9.17, 15) is 9.59 Å². The Morgan fingerprint density at radius 1 is 1.29 bits per heavy atom. The second-order valence-electron chi connectivity index (χ2n) is 3.43. The Bertz CT molecular complexity index is 412. The number of hydrogen-bond acceptors (Lipinski definition) is 3. The van der Waals surface area contributed by atoms with E-state index < -0.39 is 12.1 Å². The predicted octanol–water partition coefficient (Wildman–Crippen LogP) is 2.13. The minimum Gasteiger partial charge on any atom is -0.449 e. The van der Waals surface area contributed by atoms with E-state index in [4.69, 9.17) is 4.74 Å². The van der Waals surface area contributed by atoms with Crippen LogP contribution < -0.4 is 5.32 Å². The highest BCUT2D eigenvalue weighted by Gasteiger charge is 2.16. The molecule has 1 unspecified atom stereocenters. The number of nitrogens with one attached hydrogen (secondary N) is 1. The van der Waals surface area contributed by atoms with Crippen LogP contribution in [0.25, 0.3) is 0 Å². The van der Waals surface area contributed by atoms with Crippen LogP contribution in [0.2, 0.25) is 0 Å². The van der Waals surface area contributed by atoms with Gasteiger partial charge in [-0.2, -0.15) is 0 Å². The minimum absolute atomic E-state index is 0.353. The molecule has 1 atom stereocenters. The number of para-hydroxylation sites is 1. The van der Waals surface area contributed by atoms with E-state index >= 15 is 0 Å². The molecule has 1 amide bonds. The molecule has 0 heterocycles. The molecule has 0 aromatic heterocycles. The Hall–Kier alpha value is -2.10. The van der Waals surface area contributed by atoms with Gasteiger partial charge in [0.15, 0.2) is 6.10 Å². The summed E-state index contributed by atoms with van der Waals surface area (Å²) in [5, 5.41) is 2.65. The Labute approximate surface area is 100 Å². The molecule has 0 saturated carbocycles. The lowest BCUT2D eigenvalue weighted by atomic mass is 10.3. The third-order valence-electron chi connectivity index (χ3n) is 2.01. The van der Waals surface area contributed by atoms with E-state index in [-0.39, 0.29) is 5.91 Å². The fourth-order valence-corrected chi connectivity index (χ4v) is 1.17. The zero-order chi connectivity index (χ0) is 12.7. The van der Waals surface area contributed by atoms with Crippen LogP contribution in [-0.2, 0) is 14.3 Å². The van der Waals surface area contributed by atoms with E-state index in [1.807, 2.05) is 18.2 Å². The van der Waals surface area contributed by atoms with Crippen LogP contribution >= 0.6 is 0 Å². The average Bonchev–Trinajstić information content (AvgIpc) is 2.30. The maximum absolute atomic E-state index is 11.6. The molecule has 1 aromatic carbocycles. The molecule has 17 heavy (non-hydrogen) atoms. The molecule has 0 aliphatic heterocycles. The quantitative estimate of drug-likeness (QED) is 0.640. The van der Waals surface area contributed by atoms with E-state index in [0.29, 0.717) is 5.69 Å². The first kappa shape index (κ1) is 13.0. The van der Waals surface area contributed by atoms with Crippen molar-refractivity contribution in [1.82, 2.24) is 0 Å². The molecule has 0 aliphatic rings. The molecule has 1 rings (SSSR count). The highest BCUT2D eigenvalue weighted by atomic mass is 16.5. The molecule has 90 valence electrons. The van der Waals surface area contributed by atoms with Gasteiger partial charge >= 0.3 is 5.97 Å². The molecule has 1 aromatic rings. The highest BCUT2D eigenvalue weighted by Crippen LogP contribution is 2.06. The molecular weight excluding hydrogens is 218 g/mol. The van der Waals surface area contributed by atoms with Crippen molar-refractivity contribution in [3.05, 3.63) is 42.5 Å². The van der Waals surface area contributed by atoms with Gasteiger partial charge in [-0.3, -0.25) is 4.79 Å². The first-order valence-corrected chi connectivity index (χ1v) is 5.32. The number of allylic oxidation sites excluding steroid dienone is 1. The topological polar surface area (TPSA) is 55.4 Å². The smallest absolute Gasteiger partial charge is 0.331 e. The van der Waals surface area contributed by atoms with Crippen molar-refractivity contribution in [2.24, 2.45) is 0 Å². The molecule has 0 saturated heterocycles. The summed E-state index contributed by atoms with van der Waals surface area (Å²) in [7, 11) is 0. The summed E-state index contributed by atoms with van der Waals surface area (Å²) in [6, 6.07) is 9.00. The molecule has 0 bridgehead atoms. The summed E-state index contributed by atoms with van der Waals surface area (Å²) in [4.78, 5) is 22.8. The van der Waals surface area contributed by atoms with Gasteiger partial charge in [0, 0.05) is 11.8 Å². The number of rotatable bonds is 4. The summed E-state index contributed by atoms with van der Waals surface area (Å²) >= 11 is 0. The SMILES string of the molecule is C/C=C/C(=O)OC(C)C(=O)Nc1ccccc1. The number of esters is 1. The monoisotopic (exact) mass is 233 g/mol. The number of anilines is 1. The number of amides is 1. The summed E-state index contributed by atoms with van der Waals surface area (Å²) < 4.78 is 4.89. The third-order valence-corrected chi connectivity index (χ3v) is 2.01. The van der Waals surface area contributed by atoms with Crippen molar-refractivity contribution in [1.29, 1.82) is 0 Å². The molecule has 0 spiro atoms. The summed E-state index contributed by atoms with van der Waals surface area (Å²) in [5.74, 6) is -0.878. The highest BCUT2D eigenvalue weighted by molar-refractivity contribution is 5.95. The lowest BCUT2D eigenvalue weighted by Gasteiger charge is -2.12. The van der Waals surface area contributed by atoms with Crippen molar-refractivity contribution in [2.75, 3.05) is 5.32 Å². The maximum Gasteiger partial charge on any atom is 0.331 e. The molecule has 0 radical (unpaired) electrons. The zero-order valence-electron chi connectivity index (χ0n) is 9.84. The van der Waals surface area contributed by atoms with E-state index in [1.165, 1.54) is 13.0 Å². The summed E-state index contributed by atoms with van der Waals surface area (Å²) in [5.41, 5.74) is 0.673. The van der Waals surface area contributed by atoms with Crippen LogP contribution in [-0.4, -0.2) is 18.0 Å². The zero-order valence-corrected chi connectivity index (χ0v) is 9.84. The van der Waals surface area contributed by atoms with Crippen molar-refractivity contribution in [3.8, 4) is 0 Å². The molecule has 4 heteroatoms. The number of hydrogen-bond donors (Lipinski definition) is 1. The van der Waals surface area contributed by atoms with E-state index in [0.717, 1.165) is 0 Å². The molecule has 0 fully saturated rings. The van der Waals surface area contributed by atoms with Crippen LogP contribution in [0, 0.1) is 0 Å². The van der Waals surface area contributed by atoms with Crippen molar-refractivity contribution < 1.29 is 14.3 Å². The normalized spacial score (nSPS) is 12.1. The lowest BCUT2D eigenvalue weighted by molar-refractivity contribution is -0.148. The van der Waals surface area contributed by atoms with Crippen LogP contribution in [0.1, 0.15) is 13.8 Å². The summed E-state index contributed by atoms with van der Waals surface area (Å²) in [6.07, 6.45) is 2.01. The van der Waals surface area contributed by atoms with Crippen LogP contribution in [0.4, 0.5) is 5.69 Å². The van der Waals surface area contributed by atoms with Crippen molar-refractivity contribution in [3.63, 3.8) is 0 Å². The Morgan fingerprint density at radius 2 is 1.94 bits per heavy atom. The van der Waals surface area contributed by atoms with Gasteiger partial charge in [-0.1, -0.05) is 24.3 Å². The average molecular weight is 233 g/mol. The fraction of sp³-hybridized carbons (Fsp3) is 0.231. The van der Waals surface area contributed by atoms with Gasteiger partial charge in [0.05, 0.1) is 0 Å².